The minimum absolute atomic E-state index is 0.245. The molecule has 1 amide bonds. The molecule has 4 rings (SSSR count). The van der Waals surface area contributed by atoms with Gasteiger partial charge in [0.05, 0.1) is 38.6 Å². The van der Waals surface area contributed by atoms with Crippen LogP contribution in [0.2, 0.25) is 0 Å². The van der Waals surface area contributed by atoms with E-state index in [9.17, 15) is 4.79 Å². The summed E-state index contributed by atoms with van der Waals surface area (Å²) >= 11 is 0. The van der Waals surface area contributed by atoms with Gasteiger partial charge in [-0.05, 0) is 29.7 Å². The van der Waals surface area contributed by atoms with Crippen LogP contribution in [0.3, 0.4) is 0 Å². The Morgan fingerprint density at radius 2 is 2.00 bits per heavy atom. The van der Waals surface area contributed by atoms with Crippen LogP contribution < -0.4 is 14.8 Å². The van der Waals surface area contributed by atoms with Crippen LogP contribution in [0.1, 0.15) is 33.3 Å². The van der Waals surface area contributed by atoms with Crippen molar-refractivity contribution in [2.75, 3.05) is 27.4 Å². The molecule has 1 aromatic heterocycles. The summed E-state index contributed by atoms with van der Waals surface area (Å²) in [6, 6.07) is 15.4. The standard InChI is InChI=1S/C23H25N3O4/c1-28-19-10-6-9-18(22(19)29-2)23(27)24-13-20-21-17(11-12-30-20)15-26(25-21)14-16-7-4-3-5-8-16/h3-10,15,20H,11-14H2,1-2H3,(H,24,27). The first-order chi connectivity index (χ1) is 14.7. The van der Waals surface area contributed by atoms with Crippen LogP contribution in [0.5, 0.6) is 11.5 Å². The lowest BCUT2D eigenvalue weighted by molar-refractivity contribution is 0.0383. The number of ether oxygens (including phenoxy) is 3. The first-order valence-electron chi connectivity index (χ1n) is 9.90. The van der Waals surface area contributed by atoms with Gasteiger partial charge in [-0.1, -0.05) is 36.4 Å². The van der Waals surface area contributed by atoms with Gasteiger partial charge in [0.15, 0.2) is 11.5 Å². The van der Waals surface area contributed by atoms with Gasteiger partial charge in [-0.25, -0.2) is 0 Å². The van der Waals surface area contributed by atoms with Gasteiger partial charge in [0.1, 0.15) is 6.10 Å². The van der Waals surface area contributed by atoms with Gasteiger partial charge in [0, 0.05) is 12.7 Å². The second kappa shape index (κ2) is 9.00. The smallest absolute Gasteiger partial charge is 0.255 e. The summed E-state index contributed by atoms with van der Waals surface area (Å²) in [4.78, 5) is 12.8. The van der Waals surface area contributed by atoms with Crippen LogP contribution in [0.25, 0.3) is 0 Å². The van der Waals surface area contributed by atoms with E-state index in [1.165, 1.54) is 12.7 Å². The van der Waals surface area contributed by atoms with Crippen LogP contribution in [-0.4, -0.2) is 43.1 Å². The Morgan fingerprint density at radius 1 is 1.17 bits per heavy atom. The molecular formula is C23H25N3O4. The Balaban J connectivity index is 1.46. The topological polar surface area (TPSA) is 74.6 Å². The molecule has 0 aliphatic carbocycles. The average molecular weight is 407 g/mol. The quantitative estimate of drug-likeness (QED) is 0.652. The van der Waals surface area contributed by atoms with Crippen LogP contribution in [0.15, 0.2) is 54.7 Å². The predicted molar refractivity (Wildman–Crippen MR) is 112 cm³/mol. The van der Waals surface area contributed by atoms with Gasteiger partial charge in [0.2, 0.25) is 0 Å². The number of methoxy groups -OCH3 is 2. The van der Waals surface area contributed by atoms with Gasteiger partial charge in [-0.3, -0.25) is 9.48 Å². The first-order valence-corrected chi connectivity index (χ1v) is 9.90. The third-order valence-electron chi connectivity index (χ3n) is 5.15. The number of benzene rings is 2. The maximum Gasteiger partial charge on any atom is 0.255 e. The molecule has 0 saturated heterocycles. The largest absolute Gasteiger partial charge is 0.493 e. The Morgan fingerprint density at radius 3 is 2.77 bits per heavy atom. The predicted octanol–water partition coefficient (Wildman–Crippen LogP) is 2.99. The van der Waals surface area contributed by atoms with Gasteiger partial charge in [-0.2, -0.15) is 5.10 Å². The van der Waals surface area contributed by atoms with Crippen molar-refractivity contribution in [1.82, 2.24) is 15.1 Å². The second-order valence-corrected chi connectivity index (χ2v) is 7.08. The van der Waals surface area contributed by atoms with E-state index < -0.39 is 0 Å². The van der Waals surface area contributed by atoms with Crippen LogP contribution >= 0.6 is 0 Å². The molecule has 1 unspecified atom stereocenters. The molecule has 3 aromatic rings. The summed E-state index contributed by atoms with van der Waals surface area (Å²) in [5.41, 5.74) is 3.65. The molecule has 2 aromatic carbocycles. The van der Waals surface area contributed by atoms with E-state index in [0.29, 0.717) is 36.8 Å². The number of nitrogens with one attached hydrogen (secondary N) is 1. The van der Waals surface area contributed by atoms with Crippen molar-refractivity contribution in [3.63, 3.8) is 0 Å². The molecule has 7 nitrogen and oxygen atoms in total. The number of amides is 1. The summed E-state index contributed by atoms with van der Waals surface area (Å²) in [5, 5.41) is 7.68. The number of nitrogens with zero attached hydrogens (tertiary/aromatic N) is 2. The fourth-order valence-electron chi connectivity index (χ4n) is 3.68. The molecule has 0 bridgehead atoms. The van der Waals surface area contributed by atoms with Crippen molar-refractivity contribution in [3.05, 3.63) is 77.1 Å². The third-order valence-corrected chi connectivity index (χ3v) is 5.15. The normalized spacial score (nSPS) is 15.3. The van der Waals surface area contributed by atoms with Crippen molar-refractivity contribution in [2.45, 2.75) is 19.1 Å². The summed E-state index contributed by atoms with van der Waals surface area (Å²) < 4.78 is 18.5. The fraction of sp³-hybridized carbons (Fsp3) is 0.304. The second-order valence-electron chi connectivity index (χ2n) is 7.08. The summed E-state index contributed by atoms with van der Waals surface area (Å²) in [6.45, 7) is 1.63. The highest BCUT2D eigenvalue weighted by Crippen LogP contribution is 2.31. The van der Waals surface area contributed by atoms with Gasteiger partial charge in [-0.15, -0.1) is 0 Å². The SMILES string of the molecule is COc1cccc(C(=O)NCC2OCCc3cn(Cc4ccccc4)nc32)c1OC. The lowest BCUT2D eigenvalue weighted by Gasteiger charge is -2.22. The minimum Gasteiger partial charge on any atom is -0.493 e. The molecule has 1 atom stereocenters. The number of aromatic nitrogens is 2. The Kier molecular flexibility index (Phi) is 5.99. The zero-order valence-electron chi connectivity index (χ0n) is 17.1. The number of para-hydroxylation sites is 1. The van der Waals surface area contributed by atoms with Gasteiger partial charge in [0.25, 0.3) is 5.91 Å². The Hall–Kier alpha value is -3.32. The number of fused-ring (bicyclic) bond motifs is 1. The molecule has 156 valence electrons. The van der Waals surface area contributed by atoms with Crippen molar-refractivity contribution < 1.29 is 19.0 Å². The Bertz CT molecular complexity index is 1020. The van der Waals surface area contributed by atoms with E-state index in [0.717, 1.165) is 17.7 Å². The molecule has 0 spiro atoms. The number of rotatable bonds is 7. The third kappa shape index (κ3) is 4.16. The van der Waals surface area contributed by atoms with E-state index in [-0.39, 0.29) is 12.0 Å². The van der Waals surface area contributed by atoms with E-state index in [2.05, 4.69) is 23.6 Å². The lowest BCUT2D eigenvalue weighted by atomic mass is 10.1. The van der Waals surface area contributed by atoms with Crippen molar-refractivity contribution in [3.8, 4) is 11.5 Å². The molecule has 1 aliphatic rings. The molecule has 1 N–H and O–H groups in total. The Labute approximate surface area is 175 Å². The highest BCUT2D eigenvalue weighted by atomic mass is 16.5. The first kappa shape index (κ1) is 20.0. The van der Waals surface area contributed by atoms with E-state index in [1.54, 1.807) is 25.3 Å². The molecular weight excluding hydrogens is 382 g/mol. The summed E-state index contributed by atoms with van der Waals surface area (Å²) in [7, 11) is 3.06. The molecule has 0 saturated carbocycles. The lowest BCUT2D eigenvalue weighted by Crippen LogP contribution is -2.32. The number of carbonyl (C=O) groups is 1. The molecule has 1 aliphatic heterocycles. The number of hydrogen-bond donors (Lipinski definition) is 1. The molecule has 0 radical (unpaired) electrons. The number of carbonyl (C=O) groups excluding carboxylic acids is 1. The van der Waals surface area contributed by atoms with Gasteiger partial charge < -0.3 is 19.5 Å². The van der Waals surface area contributed by atoms with Crippen molar-refractivity contribution >= 4 is 5.91 Å². The zero-order chi connectivity index (χ0) is 20.9. The average Bonchev–Trinajstić information content (AvgIpc) is 3.20. The van der Waals surface area contributed by atoms with Crippen LogP contribution in [-0.2, 0) is 17.7 Å². The van der Waals surface area contributed by atoms with Crippen LogP contribution in [0, 0.1) is 0 Å². The summed E-state index contributed by atoms with van der Waals surface area (Å²) in [6.07, 6.45) is 2.61. The molecule has 7 heteroatoms. The monoisotopic (exact) mass is 407 g/mol. The van der Waals surface area contributed by atoms with E-state index in [1.807, 2.05) is 22.9 Å². The van der Waals surface area contributed by atoms with Crippen molar-refractivity contribution in [2.24, 2.45) is 0 Å². The van der Waals surface area contributed by atoms with E-state index >= 15 is 0 Å². The van der Waals surface area contributed by atoms with Crippen LogP contribution in [0.4, 0.5) is 0 Å². The van der Waals surface area contributed by atoms with E-state index in [4.69, 9.17) is 19.3 Å². The maximum atomic E-state index is 12.8. The summed E-state index contributed by atoms with van der Waals surface area (Å²) in [5.74, 6) is 0.682. The maximum absolute atomic E-state index is 12.8. The minimum atomic E-state index is -0.286. The molecule has 30 heavy (non-hydrogen) atoms. The highest BCUT2D eigenvalue weighted by molar-refractivity contribution is 5.97. The molecule has 2 heterocycles. The highest BCUT2D eigenvalue weighted by Gasteiger charge is 2.26. The van der Waals surface area contributed by atoms with Gasteiger partial charge >= 0.3 is 0 Å². The fourth-order valence-corrected chi connectivity index (χ4v) is 3.68. The zero-order valence-corrected chi connectivity index (χ0v) is 17.1. The molecule has 0 fully saturated rings. The van der Waals surface area contributed by atoms with Crippen molar-refractivity contribution in [1.29, 1.82) is 0 Å². The number of hydrogen-bond acceptors (Lipinski definition) is 5.